The number of ether oxygens (including phenoxy) is 4. The van der Waals surface area contributed by atoms with Crippen LogP contribution in [0.25, 0.3) is 0 Å². The first-order chi connectivity index (χ1) is 16.1. The first-order valence-electron chi connectivity index (χ1n) is 11.4. The Kier molecular flexibility index (Phi) is 9.79. The molecule has 0 amide bonds. The van der Waals surface area contributed by atoms with E-state index in [9.17, 15) is 17.8 Å². The maximum absolute atomic E-state index is 12.0. The molecule has 0 aromatic heterocycles. The van der Waals surface area contributed by atoms with Crippen LogP contribution in [0.15, 0.2) is 30.3 Å². The lowest BCUT2D eigenvalue weighted by Gasteiger charge is -2.36. The van der Waals surface area contributed by atoms with E-state index in [4.69, 9.17) is 23.1 Å². The molecule has 1 aromatic carbocycles. The van der Waals surface area contributed by atoms with E-state index in [1.807, 2.05) is 30.3 Å². The Morgan fingerprint density at radius 1 is 1.26 bits per heavy atom. The van der Waals surface area contributed by atoms with Crippen LogP contribution >= 0.6 is 0 Å². The van der Waals surface area contributed by atoms with Crippen molar-refractivity contribution < 1.29 is 40.9 Å². The van der Waals surface area contributed by atoms with Crippen molar-refractivity contribution in [2.45, 2.75) is 63.7 Å². The Morgan fingerprint density at radius 2 is 1.97 bits per heavy atom. The highest BCUT2D eigenvalue weighted by Gasteiger charge is 2.51. The summed E-state index contributed by atoms with van der Waals surface area (Å²) in [6, 6.07) is 10.0. The lowest BCUT2D eigenvalue weighted by Crippen LogP contribution is -2.52. The molecule has 0 radical (unpaired) electrons. The van der Waals surface area contributed by atoms with Crippen molar-refractivity contribution in [2.24, 2.45) is 11.8 Å². The molecule has 192 valence electrons. The Balaban J connectivity index is 1.71. The minimum Gasteiger partial charge on any atom is -0.469 e. The molecule has 0 spiro atoms. The van der Waals surface area contributed by atoms with Gasteiger partial charge in [-0.2, -0.15) is 8.42 Å². The number of esters is 1. The van der Waals surface area contributed by atoms with Crippen molar-refractivity contribution >= 4 is 27.3 Å². The summed E-state index contributed by atoms with van der Waals surface area (Å²) in [5.41, 5.74) is 1.11. The molecular formula is C23H35O9S2+. The van der Waals surface area contributed by atoms with Crippen LogP contribution in [0, 0.1) is 11.8 Å². The van der Waals surface area contributed by atoms with Gasteiger partial charge in [0, 0.05) is 5.92 Å². The van der Waals surface area contributed by atoms with E-state index in [0.29, 0.717) is 23.5 Å². The predicted molar refractivity (Wildman–Crippen MR) is 128 cm³/mol. The quantitative estimate of drug-likeness (QED) is 0.282. The second kappa shape index (κ2) is 12.2. The van der Waals surface area contributed by atoms with Crippen LogP contribution in [0.5, 0.6) is 0 Å². The average molecular weight is 520 g/mol. The minimum atomic E-state index is -4.70. The molecule has 0 bridgehead atoms. The molecule has 9 nitrogen and oxygen atoms in total. The molecule has 1 aromatic rings. The van der Waals surface area contributed by atoms with Gasteiger partial charge < -0.3 is 18.9 Å². The van der Waals surface area contributed by atoms with E-state index >= 15 is 0 Å². The van der Waals surface area contributed by atoms with Crippen molar-refractivity contribution in [3.05, 3.63) is 35.9 Å². The first kappa shape index (κ1) is 27.4. The Labute approximate surface area is 204 Å². The second-order valence-electron chi connectivity index (χ2n) is 8.76. The third kappa shape index (κ3) is 7.16. The van der Waals surface area contributed by atoms with Crippen LogP contribution in [0.1, 0.15) is 32.8 Å². The summed E-state index contributed by atoms with van der Waals surface area (Å²) in [7, 11) is -3.57. The number of carbonyl (C=O) groups is 1. The van der Waals surface area contributed by atoms with E-state index in [2.05, 4.69) is 13.8 Å². The zero-order valence-corrected chi connectivity index (χ0v) is 21.6. The van der Waals surface area contributed by atoms with Crippen molar-refractivity contribution in [3.8, 4) is 0 Å². The highest BCUT2D eigenvalue weighted by molar-refractivity contribution is 7.97. The van der Waals surface area contributed by atoms with E-state index in [1.165, 1.54) is 7.11 Å². The molecule has 0 saturated carbocycles. The normalized spacial score (nSPS) is 32.9. The molecule has 2 heterocycles. The van der Waals surface area contributed by atoms with Gasteiger partial charge in [0.2, 0.25) is 0 Å². The second-order valence-corrected chi connectivity index (χ2v) is 12.2. The summed E-state index contributed by atoms with van der Waals surface area (Å²) < 4.78 is 59.6. The number of methoxy groups -OCH3 is 1. The Bertz CT molecular complexity index is 895. The van der Waals surface area contributed by atoms with Crippen LogP contribution in [-0.4, -0.2) is 74.0 Å². The van der Waals surface area contributed by atoms with E-state index < -0.39 is 40.8 Å². The maximum atomic E-state index is 12.0. The zero-order valence-electron chi connectivity index (χ0n) is 20.0. The van der Waals surface area contributed by atoms with Gasteiger partial charge in [-0.1, -0.05) is 44.2 Å². The molecule has 3 unspecified atom stereocenters. The van der Waals surface area contributed by atoms with Crippen LogP contribution in [0.4, 0.5) is 0 Å². The van der Waals surface area contributed by atoms with Crippen molar-refractivity contribution in [3.63, 3.8) is 0 Å². The highest BCUT2D eigenvalue weighted by Crippen LogP contribution is 2.36. The smallest absolute Gasteiger partial charge is 0.397 e. The van der Waals surface area contributed by atoms with Gasteiger partial charge >= 0.3 is 16.4 Å². The fourth-order valence-electron chi connectivity index (χ4n) is 4.56. The van der Waals surface area contributed by atoms with Crippen LogP contribution in [0.2, 0.25) is 0 Å². The van der Waals surface area contributed by atoms with Gasteiger partial charge in [-0.3, -0.25) is 9.35 Å². The highest BCUT2D eigenvalue weighted by atomic mass is 32.3. The van der Waals surface area contributed by atoms with E-state index in [0.717, 1.165) is 17.7 Å². The van der Waals surface area contributed by atoms with E-state index in [-0.39, 0.29) is 23.6 Å². The molecule has 8 atom stereocenters. The SMILES string of the molecule is CC[C@@H]1[C@@H](C)[C@H](OCc2ccccc2)C[S+]1C[C@H]1OC(C(C)C(=O)OC)OC[C@@H]1OS(=O)(=O)O. The monoisotopic (exact) mass is 519 g/mol. The standard InChI is InChI=1S/C23H34O9S2/c1-5-21-15(2)19(29-11-17-9-7-6-8-10-17)13-33(21)14-20-18(32-34(25,26)27)12-30-23(31-20)16(3)22(24)28-4/h6-10,15-16,18-21,23H,5,11-14H2,1-4H3/p+1/t15-,16?,18-,19+,20+,21+,23?,33?/m0/s1. The Morgan fingerprint density at radius 3 is 2.59 bits per heavy atom. The molecule has 2 aliphatic rings. The third-order valence-electron chi connectivity index (χ3n) is 6.44. The fraction of sp³-hybridized carbons (Fsp3) is 0.696. The maximum Gasteiger partial charge on any atom is 0.397 e. The van der Waals surface area contributed by atoms with Gasteiger partial charge in [-0.15, -0.1) is 0 Å². The van der Waals surface area contributed by atoms with Crippen LogP contribution in [-0.2, 0) is 55.8 Å². The largest absolute Gasteiger partial charge is 0.469 e. The van der Waals surface area contributed by atoms with Crippen molar-refractivity contribution in [1.29, 1.82) is 0 Å². The summed E-state index contributed by atoms with van der Waals surface area (Å²) in [6.07, 6.45) is -1.57. The van der Waals surface area contributed by atoms with Gasteiger partial charge in [0.05, 0.1) is 20.3 Å². The molecule has 3 rings (SSSR count). The minimum absolute atomic E-state index is 0.0686. The van der Waals surface area contributed by atoms with E-state index in [1.54, 1.807) is 6.92 Å². The van der Waals surface area contributed by atoms with Gasteiger partial charge in [0.15, 0.2) is 6.29 Å². The molecule has 2 aliphatic heterocycles. The van der Waals surface area contributed by atoms with Gasteiger partial charge in [0.1, 0.15) is 41.0 Å². The number of hydrogen-bond acceptors (Lipinski definition) is 8. The zero-order chi connectivity index (χ0) is 24.9. The predicted octanol–water partition coefficient (Wildman–Crippen LogP) is 2.36. The number of benzene rings is 1. The lowest BCUT2D eigenvalue weighted by molar-refractivity contribution is -0.258. The molecule has 34 heavy (non-hydrogen) atoms. The number of rotatable bonds is 10. The summed E-state index contributed by atoms with van der Waals surface area (Å²) in [6.45, 7) is 6.36. The molecule has 0 aliphatic carbocycles. The summed E-state index contributed by atoms with van der Waals surface area (Å²) in [5.74, 6) is 0.470. The van der Waals surface area contributed by atoms with Gasteiger partial charge in [0.25, 0.3) is 0 Å². The van der Waals surface area contributed by atoms with Gasteiger partial charge in [-0.05, 0) is 29.8 Å². The Hall–Kier alpha value is -1.21. The van der Waals surface area contributed by atoms with Gasteiger partial charge in [-0.25, -0.2) is 4.18 Å². The van der Waals surface area contributed by atoms with Crippen molar-refractivity contribution in [2.75, 3.05) is 25.2 Å². The number of carbonyl (C=O) groups excluding carboxylic acids is 1. The van der Waals surface area contributed by atoms with Crippen molar-refractivity contribution in [1.82, 2.24) is 0 Å². The average Bonchev–Trinajstić information content (AvgIpc) is 3.11. The molecule has 2 fully saturated rings. The fourth-order valence-corrected chi connectivity index (χ4v) is 8.48. The summed E-state index contributed by atoms with van der Waals surface area (Å²) in [5, 5.41) is 0.370. The topological polar surface area (TPSA) is 118 Å². The molecular weight excluding hydrogens is 484 g/mol. The first-order valence-corrected chi connectivity index (χ1v) is 14.4. The molecule has 1 N–H and O–H groups in total. The lowest BCUT2D eigenvalue weighted by atomic mass is 10.0. The number of hydrogen-bond donors (Lipinski definition) is 1. The third-order valence-corrected chi connectivity index (χ3v) is 10.1. The summed E-state index contributed by atoms with van der Waals surface area (Å²) in [4.78, 5) is 12.0. The molecule has 11 heteroatoms. The van der Waals surface area contributed by atoms with Crippen LogP contribution < -0.4 is 0 Å². The summed E-state index contributed by atoms with van der Waals surface area (Å²) >= 11 is 0. The molecule has 2 saturated heterocycles. The van der Waals surface area contributed by atoms with Crippen LogP contribution in [0.3, 0.4) is 0 Å².